The van der Waals surface area contributed by atoms with E-state index in [9.17, 15) is 32.3 Å². The third-order valence-electron chi connectivity index (χ3n) is 7.98. The summed E-state index contributed by atoms with van der Waals surface area (Å²) in [6.07, 6.45) is 0. The van der Waals surface area contributed by atoms with Gasteiger partial charge in [0, 0.05) is 68.4 Å². The van der Waals surface area contributed by atoms with Gasteiger partial charge in [-0.05, 0) is 42.4 Å². The molecule has 0 aromatic heterocycles. The van der Waals surface area contributed by atoms with E-state index in [0.717, 1.165) is 24.3 Å². The molecule has 2 heterocycles. The number of fused-ring (bicyclic) bond motifs is 2. The highest BCUT2D eigenvalue weighted by Gasteiger charge is 2.53. The van der Waals surface area contributed by atoms with Gasteiger partial charge in [-0.3, -0.25) is 4.79 Å². The summed E-state index contributed by atoms with van der Waals surface area (Å²) >= 11 is 0. The molecule has 3 amide bonds. The van der Waals surface area contributed by atoms with E-state index in [4.69, 9.17) is 5.73 Å². The van der Waals surface area contributed by atoms with Crippen molar-refractivity contribution in [3.63, 3.8) is 0 Å². The van der Waals surface area contributed by atoms with E-state index < -0.39 is 58.2 Å². The highest BCUT2D eigenvalue weighted by molar-refractivity contribution is 5.95. The minimum Gasteiger partial charge on any atom is -0.384 e. The highest BCUT2D eigenvalue weighted by atomic mass is 19.1. The van der Waals surface area contributed by atoms with Gasteiger partial charge in [0.2, 0.25) is 0 Å². The first-order chi connectivity index (χ1) is 20.0. The summed E-state index contributed by atoms with van der Waals surface area (Å²) < 4.78 is 56.9. The number of piperidine rings is 2. The maximum atomic E-state index is 15.0. The summed E-state index contributed by atoms with van der Waals surface area (Å²) in [5, 5.41) is 17.0. The SMILES string of the molecule is CN1CC2CN(C(=O)Nc3cc(F)cc(F)c3)CC(C1)C2(O)c1ccc(-c2cc(F)c(C(=O)NCCN)cc2F)cc1. The van der Waals surface area contributed by atoms with Gasteiger partial charge >= 0.3 is 6.03 Å². The zero-order valence-corrected chi connectivity index (χ0v) is 22.8. The molecule has 5 rings (SSSR count). The Labute approximate surface area is 240 Å². The third kappa shape index (κ3) is 5.69. The molecule has 0 saturated carbocycles. The number of aliphatic hydroxyl groups is 1. The second-order valence-corrected chi connectivity index (χ2v) is 10.9. The van der Waals surface area contributed by atoms with Gasteiger partial charge in [-0.1, -0.05) is 24.3 Å². The fourth-order valence-corrected chi connectivity index (χ4v) is 6.04. The van der Waals surface area contributed by atoms with Crippen LogP contribution in [0.4, 0.5) is 28.0 Å². The van der Waals surface area contributed by atoms with Crippen LogP contribution in [0.1, 0.15) is 15.9 Å². The van der Waals surface area contributed by atoms with Gasteiger partial charge in [0.15, 0.2) is 0 Å². The number of hydrogen-bond acceptors (Lipinski definition) is 5. The largest absolute Gasteiger partial charge is 0.384 e. The Morgan fingerprint density at radius 3 is 2.14 bits per heavy atom. The third-order valence-corrected chi connectivity index (χ3v) is 7.98. The van der Waals surface area contributed by atoms with Crippen LogP contribution >= 0.6 is 0 Å². The fraction of sp³-hybridized carbons (Fsp3) is 0.333. The van der Waals surface area contributed by atoms with E-state index in [1.807, 2.05) is 7.05 Å². The first-order valence-corrected chi connectivity index (χ1v) is 13.5. The topological polar surface area (TPSA) is 111 Å². The number of rotatable bonds is 6. The van der Waals surface area contributed by atoms with Gasteiger partial charge in [0.05, 0.1) is 5.56 Å². The van der Waals surface area contributed by atoms with Crippen LogP contribution in [0.5, 0.6) is 0 Å². The van der Waals surface area contributed by atoms with Gasteiger partial charge in [-0.2, -0.15) is 0 Å². The number of carbonyl (C=O) groups excluding carboxylic acids is 2. The number of nitrogens with two attached hydrogens (primary N) is 1. The average Bonchev–Trinajstić information content (AvgIpc) is 2.93. The minimum absolute atomic E-state index is 0.0101. The number of nitrogens with one attached hydrogen (secondary N) is 2. The van der Waals surface area contributed by atoms with E-state index >= 15 is 0 Å². The smallest absolute Gasteiger partial charge is 0.321 e. The molecular formula is C30H31F4N5O3. The van der Waals surface area contributed by atoms with Gasteiger partial charge in [0.25, 0.3) is 5.91 Å². The molecule has 2 saturated heterocycles. The maximum Gasteiger partial charge on any atom is 0.321 e. The number of benzene rings is 3. The second-order valence-electron chi connectivity index (χ2n) is 10.9. The number of likely N-dealkylation sites (tertiary alicyclic amines) is 2. The predicted octanol–water partition coefficient (Wildman–Crippen LogP) is 3.51. The van der Waals surface area contributed by atoms with Crippen LogP contribution in [-0.2, 0) is 5.60 Å². The van der Waals surface area contributed by atoms with Crippen LogP contribution in [-0.4, -0.2) is 73.2 Å². The van der Waals surface area contributed by atoms with Crippen molar-refractivity contribution in [2.45, 2.75) is 5.60 Å². The molecule has 2 fully saturated rings. The molecule has 0 radical (unpaired) electrons. The zero-order valence-electron chi connectivity index (χ0n) is 22.8. The van der Waals surface area contributed by atoms with Crippen molar-refractivity contribution in [2.24, 2.45) is 17.6 Å². The van der Waals surface area contributed by atoms with Gasteiger partial charge in [0.1, 0.15) is 28.9 Å². The molecular weight excluding hydrogens is 554 g/mol. The number of hydrogen-bond donors (Lipinski definition) is 4. The lowest BCUT2D eigenvalue weighted by Crippen LogP contribution is -2.65. The Kier molecular flexibility index (Phi) is 8.22. The van der Waals surface area contributed by atoms with Crippen LogP contribution in [0.25, 0.3) is 11.1 Å². The Morgan fingerprint density at radius 1 is 0.929 bits per heavy atom. The monoisotopic (exact) mass is 585 g/mol. The molecule has 3 aromatic carbocycles. The van der Waals surface area contributed by atoms with Crippen molar-refractivity contribution < 1.29 is 32.3 Å². The lowest BCUT2D eigenvalue weighted by molar-refractivity contribution is -0.153. The molecule has 42 heavy (non-hydrogen) atoms. The van der Waals surface area contributed by atoms with Crippen molar-refractivity contribution in [3.8, 4) is 11.1 Å². The summed E-state index contributed by atoms with van der Waals surface area (Å²) in [6, 6.07) is 10.5. The summed E-state index contributed by atoms with van der Waals surface area (Å²) in [6.45, 7) is 1.58. The molecule has 2 aliphatic heterocycles. The van der Waals surface area contributed by atoms with Crippen LogP contribution in [0.2, 0.25) is 0 Å². The number of anilines is 1. The standard InChI is InChI=1S/C30H31F4N5O3/c1-38-13-19-15-39(29(41)37-23-9-21(31)8-22(32)10-23)16-20(14-38)30(19,42)18-4-2-17(3-5-18)24-11-27(34)25(12-26(24)33)28(40)36-7-6-35/h2-5,8-12,19-20,42H,6-7,13-16,35H2,1H3,(H,36,40)(H,37,41). The number of urea groups is 1. The molecule has 2 unspecified atom stereocenters. The molecule has 2 bridgehead atoms. The number of amides is 3. The second kappa shape index (κ2) is 11.7. The lowest BCUT2D eigenvalue weighted by atomic mass is 9.66. The number of nitrogens with zero attached hydrogens (tertiary/aromatic N) is 2. The van der Waals surface area contributed by atoms with E-state index in [1.54, 1.807) is 24.3 Å². The molecule has 0 aliphatic carbocycles. The van der Waals surface area contributed by atoms with Crippen molar-refractivity contribution in [3.05, 3.63) is 89.0 Å². The van der Waals surface area contributed by atoms with Crippen molar-refractivity contribution in [1.82, 2.24) is 15.1 Å². The highest BCUT2D eigenvalue weighted by Crippen LogP contribution is 2.45. The molecule has 12 heteroatoms. The van der Waals surface area contributed by atoms with E-state index in [2.05, 4.69) is 15.5 Å². The van der Waals surface area contributed by atoms with Gasteiger partial charge in [-0.25, -0.2) is 22.4 Å². The maximum absolute atomic E-state index is 15.0. The predicted molar refractivity (Wildman–Crippen MR) is 149 cm³/mol. The molecule has 3 aromatic rings. The van der Waals surface area contributed by atoms with Crippen molar-refractivity contribution in [2.75, 3.05) is 51.6 Å². The first-order valence-electron chi connectivity index (χ1n) is 13.5. The van der Waals surface area contributed by atoms with Crippen LogP contribution in [0.3, 0.4) is 0 Å². The summed E-state index contributed by atoms with van der Waals surface area (Å²) in [5.41, 5.74) is 4.48. The molecule has 2 atom stereocenters. The normalized spacial score (nSPS) is 22.1. The summed E-state index contributed by atoms with van der Waals surface area (Å²) in [5.74, 6) is -4.86. The van der Waals surface area contributed by atoms with Crippen molar-refractivity contribution >= 4 is 17.6 Å². The molecule has 2 aliphatic rings. The average molecular weight is 586 g/mol. The number of carbonyl (C=O) groups is 2. The Morgan fingerprint density at radius 2 is 1.55 bits per heavy atom. The molecule has 222 valence electrons. The Balaban J connectivity index is 1.36. The van der Waals surface area contributed by atoms with Crippen molar-refractivity contribution in [1.29, 1.82) is 0 Å². The van der Waals surface area contributed by atoms with Crippen LogP contribution < -0.4 is 16.4 Å². The van der Waals surface area contributed by atoms with Gasteiger partial charge in [-0.15, -0.1) is 0 Å². The van der Waals surface area contributed by atoms with E-state index in [-0.39, 0.29) is 37.4 Å². The minimum atomic E-state index is -1.32. The quantitative estimate of drug-likeness (QED) is 0.331. The van der Waals surface area contributed by atoms with Crippen LogP contribution in [0.15, 0.2) is 54.6 Å². The molecule has 0 spiro atoms. The van der Waals surface area contributed by atoms with Crippen LogP contribution in [0, 0.1) is 35.1 Å². The Hall–Kier alpha value is -4.00. The summed E-state index contributed by atoms with van der Waals surface area (Å²) in [7, 11) is 1.92. The molecule has 5 N–H and O–H groups in total. The van der Waals surface area contributed by atoms with Gasteiger partial charge < -0.3 is 31.3 Å². The number of halogens is 4. The van der Waals surface area contributed by atoms with E-state index in [0.29, 0.717) is 30.3 Å². The summed E-state index contributed by atoms with van der Waals surface area (Å²) in [4.78, 5) is 28.7. The lowest BCUT2D eigenvalue weighted by Gasteiger charge is -2.55. The molecule has 8 nitrogen and oxygen atoms in total. The Bertz CT molecular complexity index is 1470. The fourth-order valence-electron chi connectivity index (χ4n) is 6.04. The zero-order chi connectivity index (χ0) is 30.2. The first kappa shape index (κ1) is 29.5. The van der Waals surface area contributed by atoms with E-state index in [1.165, 1.54) is 4.90 Å².